The van der Waals surface area contributed by atoms with Crippen molar-refractivity contribution in [1.82, 2.24) is 19.9 Å². The minimum Gasteiger partial charge on any atom is -0.423 e. The van der Waals surface area contributed by atoms with Crippen LogP contribution in [-0.4, -0.2) is 25.9 Å². The van der Waals surface area contributed by atoms with E-state index in [1.165, 1.54) is 94.6 Å². The predicted molar refractivity (Wildman–Crippen MR) is 179 cm³/mol. The van der Waals surface area contributed by atoms with E-state index in [-0.39, 0.29) is 0 Å². The number of hydrogen-bond acceptors (Lipinski definition) is 6. The van der Waals surface area contributed by atoms with Gasteiger partial charge in [-0.3, -0.25) is 0 Å². The Morgan fingerprint density at radius 1 is 0.523 bits per heavy atom. The van der Waals surface area contributed by atoms with Gasteiger partial charge >= 0.3 is 5.97 Å². The quantitative estimate of drug-likeness (QED) is 0.0612. The molecule has 0 saturated carbocycles. The molecule has 232 valence electrons. The number of unbranched alkanes of at least 4 members (excludes halogenated alkanes) is 11. The molecule has 2 aromatic carbocycles. The molecule has 0 aliphatic rings. The fourth-order valence-corrected chi connectivity index (χ4v) is 5.25. The van der Waals surface area contributed by atoms with Crippen molar-refractivity contribution in [1.29, 1.82) is 0 Å². The van der Waals surface area contributed by atoms with Crippen LogP contribution in [-0.2, 0) is 12.8 Å². The normalized spacial score (nSPS) is 11.0. The van der Waals surface area contributed by atoms with Crippen LogP contribution in [0.25, 0.3) is 22.8 Å². The summed E-state index contributed by atoms with van der Waals surface area (Å²) in [4.78, 5) is 31.0. The largest absolute Gasteiger partial charge is 0.423 e. The first-order valence-corrected chi connectivity index (χ1v) is 16.7. The molecule has 0 bridgehead atoms. The van der Waals surface area contributed by atoms with Gasteiger partial charge in [0.05, 0.1) is 5.56 Å². The molecule has 44 heavy (non-hydrogen) atoms. The van der Waals surface area contributed by atoms with E-state index in [0.717, 1.165) is 24.0 Å². The zero-order valence-electron chi connectivity index (χ0n) is 26.6. The second-order valence-electron chi connectivity index (χ2n) is 11.7. The fraction of sp³-hybridized carbons (Fsp3) is 0.447. The molecule has 0 unspecified atom stereocenters. The van der Waals surface area contributed by atoms with E-state index in [2.05, 4.69) is 33.8 Å². The second-order valence-corrected chi connectivity index (χ2v) is 11.7. The number of esters is 1. The van der Waals surface area contributed by atoms with Gasteiger partial charge in [-0.05, 0) is 73.2 Å². The molecule has 2 heterocycles. The number of ether oxygens (including phenoxy) is 1. The van der Waals surface area contributed by atoms with Gasteiger partial charge < -0.3 is 4.74 Å². The van der Waals surface area contributed by atoms with Gasteiger partial charge in [-0.25, -0.2) is 24.7 Å². The maximum atomic E-state index is 12.8. The molecule has 2 aromatic heterocycles. The zero-order chi connectivity index (χ0) is 30.8. The van der Waals surface area contributed by atoms with Crippen LogP contribution in [0.4, 0.5) is 0 Å². The molecule has 6 heteroatoms. The molecule has 0 aliphatic heterocycles. The maximum Gasteiger partial charge on any atom is 0.343 e. The molecule has 0 radical (unpaired) electrons. The number of aryl methyl sites for hydroxylation is 2. The van der Waals surface area contributed by atoms with E-state index < -0.39 is 5.97 Å². The fourth-order valence-electron chi connectivity index (χ4n) is 5.25. The molecule has 0 amide bonds. The van der Waals surface area contributed by atoms with Crippen LogP contribution in [0.5, 0.6) is 5.75 Å². The smallest absolute Gasteiger partial charge is 0.343 e. The summed E-state index contributed by atoms with van der Waals surface area (Å²) in [5.41, 5.74) is 4.56. The van der Waals surface area contributed by atoms with Gasteiger partial charge in [-0.1, -0.05) is 96.6 Å². The number of carbonyl (C=O) groups excluding carboxylic acids is 1. The SMILES string of the molecule is CCCCCCCCCCc1cnc(-c2ccc(C(=O)Oc3ccc(-c4ncc(CCCCCCC)cn4)cc3)cc2)nc1. The van der Waals surface area contributed by atoms with Gasteiger partial charge in [0, 0.05) is 35.9 Å². The molecule has 0 saturated heterocycles. The molecule has 0 aliphatic carbocycles. The highest BCUT2D eigenvalue weighted by Crippen LogP contribution is 2.22. The summed E-state index contributed by atoms with van der Waals surface area (Å²) in [7, 11) is 0. The Hall–Kier alpha value is -3.93. The van der Waals surface area contributed by atoms with Crippen molar-refractivity contribution in [2.24, 2.45) is 0 Å². The summed E-state index contributed by atoms with van der Waals surface area (Å²) in [6.07, 6.45) is 26.5. The van der Waals surface area contributed by atoms with E-state index in [4.69, 9.17) is 4.74 Å². The first-order chi connectivity index (χ1) is 21.7. The first kappa shape index (κ1) is 33.0. The lowest BCUT2D eigenvalue weighted by Gasteiger charge is -2.07. The molecule has 0 spiro atoms. The van der Waals surface area contributed by atoms with Crippen LogP contribution in [0.15, 0.2) is 73.3 Å². The molecule has 0 fully saturated rings. The van der Waals surface area contributed by atoms with Crippen LogP contribution in [0, 0.1) is 0 Å². The van der Waals surface area contributed by atoms with Crippen LogP contribution in [0.2, 0.25) is 0 Å². The highest BCUT2D eigenvalue weighted by Gasteiger charge is 2.11. The van der Waals surface area contributed by atoms with Crippen molar-refractivity contribution in [2.45, 2.75) is 110 Å². The van der Waals surface area contributed by atoms with Gasteiger partial charge in [0.2, 0.25) is 0 Å². The van der Waals surface area contributed by atoms with Gasteiger partial charge in [0.1, 0.15) is 5.75 Å². The van der Waals surface area contributed by atoms with Crippen molar-refractivity contribution >= 4 is 5.97 Å². The van der Waals surface area contributed by atoms with Crippen molar-refractivity contribution in [3.63, 3.8) is 0 Å². The Morgan fingerprint density at radius 3 is 1.34 bits per heavy atom. The summed E-state index contributed by atoms with van der Waals surface area (Å²) >= 11 is 0. The van der Waals surface area contributed by atoms with E-state index in [0.29, 0.717) is 23.0 Å². The Balaban J connectivity index is 1.21. The Bertz CT molecular complexity index is 1370. The summed E-state index contributed by atoms with van der Waals surface area (Å²) in [6, 6.07) is 14.5. The predicted octanol–water partition coefficient (Wildman–Crippen LogP) is 10.0. The van der Waals surface area contributed by atoms with E-state index in [9.17, 15) is 4.79 Å². The minimum absolute atomic E-state index is 0.412. The molecular formula is C38H48N4O2. The standard InChI is InChI=1S/C38H48N4O2/c1-3-5-7-9-10-11-13-15-17-31-26-39-36(40-27-31)32-18-20-34(21-19-32)38(43)44-35-24-22-33(23-25-35)37-41-28-30(29-42-37)16-14-12-8-6-4-2/h18-29H,3-17H2,1-2H3. The summed E-state index contributed by atoms with van der Waals surface area (Å²) in [5.74, 6) is 1.38. The highest BCUT2D eigenvalue weighted by atomic mass is 16.5. The average Bonchev–Trinajstić information content (AvgIpc) is 3.07. The van der Waals surface area contributed by atoms with Crippen molar-refractivity contribution in [3.8, 4) is 28.5 Å². The lowest BCUT2D eigenvalue weighted by molar-refractivity contribution is 0.0735. The van der Waals surface area contributed by atoms with Crippen molar-refractivity contribution in [2.75, 3.05) is 0 Å². The topological polar surface area (TPSA) is 77.9 Å². The number of nitrogens with zero attached hydrogens (tertiary/aromatic N) is 4. The number of aromatic nitrogens is 4. The van der Waals surface area contributed by atoms with Gasteiger partial charge in [0.15, 0.2) is 11.6 Å². The molecule has 6 nitrogen and oxygen atoms in total. The van der Waals surface area contributed by atoms with E-state index in [1.807, 2.05) is 49.1 Å². The van der Waals surface area contributed by atoms with Crippen LogP contribution < -0.4 is 4.74 Å². The van der Waals surface area contributed by atoms with Crippen molar-refractivity contribution in [3.05, 3.63) is 90.0 Å². The lowest BCUT2D eigenvalue weighted by Crippen LogP contribution is -2.08. The van der Waals surface area contributed by atoms with Gasteiger partial charge in [-0.15, -0.1) is 0 Å². The number of hydrogen-bond donors (Lipinski definition) is 0. The first-order valence-electron chi connectivity index (χ1n) is 16.7. The maximum absolute atomic E-state index is 12.8. The van der Waals surface area contributed by atoms with Crippen LogP contribution in [0.3, 0.4) is 0 Å². The summed E-state index contributed by atoms with van der Waals surface area (Å²) < 4.78 is 5.61. The highest BCUT2D eigenvalue weighted by molar-refractivity contribution is 5.91. The molecule has 4 rings (SSSR count). The van der Waals surface area contributed by atoms with E-state index in [1.54, 1.807) is 24.3 Å². The lowest BCUT2D eigenvalue weighted by atomic mass is 10.1. The Morgan fingerprint density at radius 2 is 0.909 bits per heavy atom. The zero-order valence-corrected chi connectivity index (χ0v) is 26.6. The number of rotatable bonds is 19. The van der Waals surface area contributed by atoms with Crippen LogP contribution >= 0.6 is 0 Å². The number of carbonyl (C=O) groups is 1. The average molecular weight is 593 g/mol. The van der Waals surface area contributed by atoms with E-state index >= 15 is 0 Å². The molecule has 0 N–H and O–H groups in total. The molecule has 4 aromatic rings. The third-order valence-electron chi connectivity index (χ3n) is 8.00. The Kier molecular flexibility index (Phi) is 14.0. The summed E-state index contributed by atoms with van der Waals surface area (Å²) in [6.45, 7) is 4.49. The third kappa shape index (κ3) is 11.0. The third-order valence-corrected chi connectivity index (χ3v) is 8.00. The minimum atomic E-state index is -0.412. The van der Waals surface area contributed by atoms with Gasteiger partial charge in [0.25, 0.3) is 0 Å². The molecule has 0 atom stereocenters. The molecular weight excluding hydrogens is 544 g/mol. The Labute approximate surface area is 263 Å². The van der Waals surface area contributed by atoms with Crippen molar-refractivity contribution < 1.29 is 9.53 Å². The second kappa shape index (κ2) is 18.7. The summed E-state index contributed by atoms with van der Waals surface area (Å²) in [5, 5.41) is 0. The van der Waals surface area contributed by atoms with Gasteiger partial charge in [-0.2, -0.15) is 0 Å². The number of benzene rings is 2. The monoisotopic (exact) mass is 592 g/mol. The van der Waals surface area contributed by atoms with Crippen LogP contribution in [0.1, 0.15) is 119 Å².